The minimum absolute atomic E-state index is 0.0330. The average molecular weight is 514 g/mol. The fourth-order valence-corrected chi connectivity index (χ4v) is 7.12. The van der Waals surface area contributed by atoms with Crippen LogP contribution in [0, 0.1) is 23.7 Å². The first-order valence-corrected chi connectivity index (χ1v) is 13.8. The number of fused-ring (bicyclic) bond motifs is 1. The highest BCUT2D eigenvalue weighted by molar-refractivity contribution is 6.02. The summed E-state index contributed by atoms with van der Waals surface area (Å²) in [7, 11) is 0. The van der Waals surface area contributed by atoms with Gasteiger partial charge in [-0.15, -0.1) is 0 Å². The van der Waals surface area contributed by atoms with E-state index in [1.165, 1.54) is 0 Å². The van der Waals surface area contributed by atoms with Crippen LogP contribution in [-0.2, 0) is 19.1 Å². The minimum atomic E-state index is -1.12. The number of carbonyl (C=O) groups is 3. The largest absolute Gasteiger partial charge is 0.394 e. The van der Waals surface area contributed by atoms with E-state index in [0.717, 1.165) is 19.3 Å². The number of amides is 3. The third kappa shape index (κ3) is 4.36. The van der Waals surface area contributed by atoms with Crippen LogP contribution in [0.4, 0.5) is 5.69 Å². The molecule has 4 unspecified atom stereocenters. The number of carbonyl (C=O) groups excluding carboxylic acids is 3. The van der Waals surface area contributed by atoms with Crippen LogP contribution in [0.3, 0.4) is 0 Å². The maximum atomic E-state index is 14.3. The fraction of sp³-hybridized carbons (Fsp3) is 0.690. The third-order valence-electron chi connectivity index (χ3n) is 9.28. The Bertz CT molecular complexity index is 1020. The lowest BCUT2D eigenvalue weighted by Gasteiger charge is -2.39. The average Bonchev–Trinajstić information content (AvgIpc) is 3.37. The van der Waals surface area contributed by atoms with E-state index < -0.39 is 35.1 Å². The zero-order valence-electron chi connectivity index (χ0n) is 23.0. The number of anilines is 1. The molecule has 3 aliphatic heterocycles. The molecule has 0 radical (unpaired) electrons. The summed E-state index contributed by atoms with van der Waals surface area (Å²) in [6.45, 7) is 11.7. The molecule has 0 saturated carbocycles. The first kappa shape index (κ1) is 27.6. The van der Waals surface area contributed by atoms with Gasteiger partial charge in [-0.1, -0.05) is 58.7 Å². The molecular weight excluding hydrogens is 470 g/mol. The lowest BCUT2D eigenvalue weighted by atomic mass is 9.62. The van der Waals surface area contributed by atoms with E-state index in [1.807, 2.05) is 65.0 Å². The van der Waals surface area contributed by atoms with Crippen LogP contribution < -0.4 is 10.6 Å². The summed E-state index contributed by atoms with van der Waals surface area (Å²) in [5, 5.41) is 16.5. The van der Waals surface area contributed by atoms with Crippen molar-refractivity contribution in [2.45, 2.75) is 96.6 Å². The zero-order chi connectivity index (χ0) is 27.1. The van der Waals surface area contributed by atoms with Gasteiger partial charge in [-0.2, -0.15) is 0 Å². The molecule has 1 aromatic rings. The Morgan fingerprint density at radius 1 is 1.19 bits per heavy atom. The van der Waals surface area contributed by atoms with Crippen LogP contribution in [0.25, 0.3) is 0 Å². The van der Waals surface area contributed by atoms with Crippen LogP contribution in [0.1, 0.15) is 67.2 Å². The van der Waals surface area contributed by atoms with Crippen molar-refractivity contribution in [2.75, 3.05) is 11.9 Å². The molecule has 3 fully saturated rings. The molecule has 9 atom stereocenters. The summed E-state index contributed by atoms with van der Waals surface area (Å²) in [6.07, 6.45) is 2.97. The van der Waals surface area contributed by atoms with Crippen molar-refractivity contribution in [2.24, 2.45) is 23.7 Å². The maximum absolute atomic E-state index is 14.3. The molecule has 3 saturated heterocycles. The molecule has 3 aliphatic rings. The van der Waals surface area contributed by atoms with Gasteiger partial charge >= 0.3 is 0 Å². The smallest absolute Gasteiger partial charge is 0.246 e. The van der Waals surface area contributed by atoms with Gasteiger partial charge in [0.2, 0.25) is 17.7 Å². The lowest BCUT2D eigenvalue weighted by molar-refractivity contribution is -0.151. The van der Waals surface area contributed by atoms with Crippen molar-refractivity contribution in [1.29, 1.82) is 0 Å². The van der Waals surface area contributed by atoms with Gasteiger partial charge in [0.1, 0.15) is 11.6 Å². The van der Waals surface area contributed by atoms with E-state index >= 15 is 0 Å². The predicted octanol–water partition coefficient (Wildman–Crippen LogP) is 3.35. The van der Waals surface area contributed by atoms with E-state index in [-0.39, 0.29) is 42.2 Å². The lowest BCUT2D eigenvalue weighted by Crippen LogP contribution is -2.60. The highest BCUT2D eigenvalue weighted by atomic mass is 16.5. The van der Waals surface area contributed by atoms with Crippen molar-refractivity contribution < 1.29 is 24.2 Å². The number of hydrogen-bond donors (Lipinski definition) is 3. The Morgan fingerprint density at radius 3 is 2.46 bits per heavy atom. The molecule has 0 aliphatic carbocycles. The van der Waals surface area contributed by atoms with Gasteiger partial charge in [-0.3, -0.25) is 14.4 Å². The summed E-state index contributed by atoms with van der Waals surface area (Å²) in [4.78, 5) is 43.6. The summed E-state index contributed by atoms with van der Waals surface area (Å²) < 4.78 is 6.77. The highest BCUT2D eigenvalue weighted by Gasteiger charge is 2.80. The number of likely N-dealkylation sites (tertiary alicyclic amines) is 1. The first-order valence-electron chi connectivity index (χ1n) is 13.8. The molecule has 2 bridgehead atoms. The summed E-state index contributed by atoms with van der Waals surface area (Å²) in [6, 6.07) is 7.67. The molecule has 8 heteroatoms. The van der Waals surface area contributed by atoms with E-state index in [1.54, 1.807) is 4.90 Å². The van der Waals surface area contributed by atoms with E-state index in [0.29, 0.717) is 12.1 Å². The van der Waals surface area contributed by atoms with Crippen molar-refractivity contribution in [3.63, 3.8) is 0 Å². The topological polar surface area (TPSA) is 108 Å². The number of nitrogens with zero attached hydrogens (tertiary/aromatic N) is 1. The van der Waals surface area contributed by atoms with Crippen LogP contribution >= 0.6 is 0 Å². The van der Waals surface area contributed by atoms with E-state index in [9.17, 15) is 19.5 Å². The van der Waals surface area contributed by atoms with Crippen molar-refractivity contribution >= 4 is 23.4 Å². The molecule has 204 valence electrons. The fourth-order valence-electron chi connectivity index (χ4n) is 7.12. The van der Waals surface area contributed by atoms with E-state index in [2.05, 4.69) is 17.6 Å². The molecule has 3 N–H and O–H groups in total. The van der Waals surface area contributed by atoms with Gasteiger partial charge in [-0.25, -0.2) is 0 Å². The molecule has 4 rings (SSSR count). The Hall–Kier alpha value is -2.45. The van der Waals surface area contributed by atoms with Crippen molar-refractivity contribution in [1.82, 2.24) is 10.2 Å². The SMILES string of the molecule is CCCC(C)NC(=O)C1N([C@@H](CO)[C@@H](C)CC)C(=O)[C@@H]2[C@@H](C(=O)Nc3ccccc3)[C@]3(C)OC12CC3C. The quantitative estimate of drug-likeness (QED) is 0.445. The van der Waals surface area contributed by atoms with Gasteiger partial charge in [-0.05, 0) is 50.7 Å². The standard InChI is InChI=1S/C29H43N3O5/c1-7-12-19(5)30-26(35)24-29-15-18(4)28(6,37-29)22(25(34)31-20-13-10-9-11-14-20)23(29)27(36)32(24)21(16-33)17(3)8-2/h9-11,13-14,17-19,21-24,33H,7-8,12,15-16H2,1-6H3,(H,30,35)(H,31,34)/t17-,18?,19?,21-,22-,23-,24?,28+,29?/m0/s1. The Kier molecular flexibility index (Phi) is 7.73. The van der Waals surface area contributed by atoms with Crippen LogP contribution in [-0.4, -0.2) is 63.7 Å². The Balaban J connectivity index is 1.78. The van der Waals surface area contributed by atoms with Gasteiger partial charge in [0.15, 0.2) is 0 Å². The molecular formula is C29H43N3O5. The van der Waals surface area contributed by atoms with Crippen LogP contribution in [0.15, 0.2) is 30.3 Å². The number of hydrogen-bond acceptors (Lipinski definition) is 5. The number of aliphatic hydroxyl groups is 1. The second kappa shape index (κ2) is 10.4. The molecule has 1 aromatic carbocycles. The number of rotatable bonds is 10. The molecule has 3 amide bonds. The second-order valence-electron chi connectivity index (χ2n) is 11.6. The summed E-state index contributed by atoms with van der Waals surface area (Å²) in [5.41, 5.74) is -1.36. The number of para-hydroxylation sites is 1. The molecule has 37 heavy (non-hydrogen) atoms. The Labute approximate surface area is 220 Å². The highest BCUT2D eigenvalue weighted by Crippen LogP contribution is 2.65. The van der Waals surface area contributed by atoms with Gasteiger partial charge in [0.25, 0.3) is 0 Å². The van der Waals surface area contributed by atoms with Gasteiger partial charge in [0.05, 0.1) is 30.1 Å². The minimum Gasteiger partial charge on any atom is -0.394 e. The maximum Gasteiger partial charge on any atom is 0.246 e. The second-order valence-corrected chi connectivity index (χ2v) is 11.6. The first-order chi connectivity index (χ1) is 17.5. The monoisotopic (exact) mass is 513 g/mol. The normalized spacial score (nSPS) is 34.7. The number of ether oxygens (including phenoxy) is 1. The Morgan fingerprint density at radius 2 is 1.86 bits per heavy atom. The van der Waals surface area contributed by atoms with Crippen LogP contribution in [0.2, 0.25) is 0 Å². The van der Waals surface area contributed by atoms with Crippen molar-refractivity contribution in [3.05, 3.63) is 30.3 Å². The predicted molar refractivity (Wildman–Crippen MR) is 142 cm³/mol. The molecule has 1 spiro atoms. The third-order valence-corrected chi connectivity index (χ3v) is 9.28. The number of benzene rings is 1. The molecule has 0 aromatic heterocycles. The van der Waals surface area contributed by atoms with E-state index in [4.69, 9.17) is 4.74 Å². The summed E-state index contributed by atoms with van der Waals surface area (Å²) in [5.74, 6) is -2.44. The molecule has 3 heterocycles. The van der Waals surface area contributed by atoms with Crippen LogP contribution in [0.5, 0.6) is 0 Å². The van der Waals surface area contributed by atoms with Gasteiger partial charge in [0, 0.05) is 11.7 Å². The summed E-state index contributed by atoms with van der Waals surface area (Å²) >= 11 is 0. The number of nitrogens with one attached hydrogen (secondary N) is 2. The zero-order valence-corrected chi connectivity index (χ0v) is 23.0. The van der Waals surface area contributed by atoms with Gasteiger partial charge < -0.3 is 25.4 Å². The number of aliphatic hydroxyl groups excluding tert-OH is 1. The molecule has 8 nitrogen and oxygen atoms in total. The van der Waals surface area contributed by atoms with Crippen molar-refractivity contribution in [3.8, 4) is 0 Å².